The van der Waals surface area contributed by atoms with Gasteiger partial charge < -0.3 is 10.0 Å². The first-order chi connectivity index (χ1) is 22.5. The van der Waals surface area contributed by atoms with Crippen molar-refractivity contribution in [3.8, 4) is 29.0 Å². The van der Waals surface area contributed by atoms with E-state index in [1.165, 1.54) is 22.1 Å². The van der Waals surface area contributed by atoms with E-state index in [0.717, 1.165) is 5.56 Å². The summed E-state index contributed by atoms with van der Waals surface area (Å²) in [7, 11) is 1.76. The molecule has 1 aliphatic heterocycles. The molecule has 0 unspecified atom stereocenters. The van der Waals surface area contributed by atoms with Gasteiger partial charge in [0, 0.05) is 65.9 Å². The molecule has 0 bridgehead atoms. The second-order valence-corrected chi connectivity index (χ2v) is 12.5. The van der Waals surface area contributed by atoms with Gasteiger partial charge >= 0.3 is 5.97 Å². The molecule has 238 valence electrons. The van der Waals surface area contributed by atoms with Crippen molar-refractivity contribution in [2.24, 2.45) is 5.92 Å². The number of aromatic nitrogens is 4. The first-order valence-electron chi connectivity index (χ1n) is 14.5. The predicted molar refractivity (Wildman–Crippen MR) is 176 cm³/mol. The molecule has 1 N–H and O–H groups in total. The zero-order valence-corrected chi connectivity index (χ0v) is 26.7. The highest BCUT2D eigenvalue weighted by Gasteiger charge is 2.30. The van der Waals surface area contributed by atoms with Gasteiger partial charge in [0.2, 0.25) is 0 Å². The van der Waals surface area contributed by atoms with Crippen LogP contribution in [0.1, 0.15) is 27.3 Å². The largest absolute Gasteiger partial charge is 0.478 e. The third-order valence-corrected chi connectivity index (χ3v) is 9.26. The minimum absolute atomic E-state index is 0.0238. The molecule has 1 saturated heterocycles. The van der Waals surface area contributed by atoms with Gasteiger partial charge in [-0.25, -0.2) is 23.5 Å². The lowest BCUT2D eigenvalue weighted by atomic mass is 9.99. The van der Waals surface area contributed by atoms with Gasteiger partial charge in [0.1, 0.15) is 23.3 Å². The van der Waals surface area contributed by atoms with Crippen LogP contribution in [-0.2, 0) is 6.54 Å². The lowest BCUT2D eigenvalue weighted by Crippen LogP contribution is -2.52. The van der Waals surface area contributed by atoms with Crippen LogP contribution in [0.25, 0.3) is 32.2 Å². The van der Waals surface area contributed by atoms with Crippen LogP contribution >= 0.6 is 22.9 Å². The molecular weight excluding hydrogens is 648 g/mol. The Balaban J connectivity index is 1.32. The Morgan fingerprint density at radius 2 is 2.04 bits per heavy atom. The molecule has 0 amide bonds. The van der Waals surface area contributed by atoms with E-state index >= 15 is 0 Å². The summed E-state index contributed by atoms with van der Waals surface area (Å²) in [6, 6.07) is 9.11. The third kappa shape index (κ3) is 6.25. The molecule has 14 heteroatoms. The van der Waals surface area contributed by atoms with Crippen molar-refractivity contribution < 1.29 is 18.7 Å². The average molecular weight is 674 g/mol. The number of hydrogen-bond acceptors (Lipinski definition) is 9. The van der Waals surface area contributed by atoms with E-state index in [9.17, 15) is 28.7 Å². The number of carboxylic acid groups (broad SMARTS) is 1. The maximum absolute atomic E-state index is 13.8. The Bertz CT molecular complexity index is 2210. The van der Waals surface area contributed by atoms with Crippen LogP contribution in [0, 0.1) is 36.0 Å². The molecule has 5 aromatic rings. The number of nitriles is 1. The zero-order chi connectivity index (χ0) is 33.4. The van der Waals surface area contributed by atoms with Crippen molar-refractivity contribution in [2.45, 2.75) is 19.9 Å². The topological polar surface area (TPSA) is 128 Å². The zero-order valence-electron chi connectivity index (χ0n) is 25.2. The highest BCUT2D eigenvalue weighted by molar-refractivity contribution is 7.18. The van der Waals surface area contributed by atoms with Crippen LogP contribution in [0.5, 0.6) is 0 Å². The summed E-state index contributed by atoms with van der Waals surface area (Å²) >= 11 is 7.62. The quantitative estimate of drug-likeness (QED) is 0.219. The van der Waals surface area contributed by atoms with Crippen LogP contribution in [0.2, 0.25) is 5.02 Å². The maximum Gasteiger partial charge on any atom is 0.338 e. The summed E-state index contributed by atoms with van der Waals surface area (Å²) < 4.78 is 27.4. The van der Waals surface area contributed by atoms with Gasteiger partial charge in [-0.1, -0.05) is 23.4 Å². The predicted octanol–water partition coefficient (Wildman–Crippen LogP) is 5.28. The van der Waals surface area contributed by atoms with Crippen LogP contribution in [0.15, 0.2) is 46.8 Å². The van der Waals surface area contributed by atoms with Gasteiger partial charge in [-0.2, -0.15) is 5.26 Å². The van der Waals surface area contributed by atoms with E-state index in [-0.39, 0.29) is 41.0 Å². The monoisotopic (exact) mass is 673 g/mol. The number of thiophene rings is 1. The number of fused-ring (bicyclic) bond motifs is 2. The molecule has 6 rings (SSSR count). The lowest BCUT2D eigenvalue weighted by molar-refractivity contribution is 0.0277. The fourth-order valence-corrected chi connectivity index (χ4v) is 7.06. The highest BCUT2D eigenvalue weighted by Crippen LogP contribution is 2.36. The third-order valence-electron chi connectivity index (χ3n) is 8.02. The van der Waals surface area contributed by atoms with E-state index in [1.54, 1.807) is 59.6 Å². The summed E-state index contributed by atoms with van der Waals surface area (Å²) in [5.74, 6) is 5.96. The van der Waals surface area contributed by atoms with Crippen molar-refractivity contribution >= 4 is 55.8 Å². The molecule has 4 aromatic heterocycles. The number of aryl methyl sites for hydroxylation is 1. The second kappa shape index (κ2) is 13.0. The molecule has 0 atom stereocenters. The molecule has 10 nitrogen and oxygen atoms in total. The normalized spacial score (nSPS) is 13.4. The van der Waals surface area contributed by atoms with Crippen LogP contribution < -0.4 is 10.5 Å². The van der Waals surface area contributed by atoms with Crippen LogP contribution in [0.4, 0.5) is 14.6 Å². The molecule has 1 aliphatic rings. The van der Waals surface area contributed by atoms with Gasteiger partial charge in [-0.15, -0.1) is 11.3 Å². The Hall–Kier alpha value is -4.95. The van der Waals surface area contributed by atoms with Crippen LogP contribution in [-0.4, -0.2) is 75.1 Å². The molecule has 0 aliphatic carbocycles. The van der Waals surface area contributed by atoms with Gasteiger partial charge in [-0.05, 0) is 31.2 Å². The lowest BCUT2D eigenvalue weighted by Gasteiger charge is -2.41. The fourth-order valence-electron chi connectivity index (χ4n) is 5.86. The molecule has 1 fully saturated rings. The number of benzene rings is 1. The Labute approximate surface area is 276 Å². The number of nitrogens with zero attached hydrogens (tertiary/aromatic N) is 7. The summed E-state index contributed by atoms with van der Waals surface area (Å²) in [5, 5.41) is 21.8. The van der Waals surface area contributed by atoms with E-state index < -0.39 is 18.0 Å². The number of carbonyl (C=O) groups is 1. The number of hydrogen-bond donors (Lipinski definition) is 1. The number of likely N-dealkylation sites (tertiary alicyclic amines) is 1. The smallest absolute Gasteiger partial charge is 0.338 e. The summed E-state index contributed by atoms with van der Waals surface area (Å²) in [5.41, 5.74) is 2.45. The molecule has 0 spiro atoms. The fraction of sp³-hybridized carbons (Fsp3) is 0.273. The van der Waals surface area contributed by atoms with E-state index in [0.29, 0.717) is 57.6 Å². The number of pyridine rings is 2. The number of alkyl halides is 2. The number of aromatic carboxylic acids is 1. The van der Waals surface area contributed by atoms with E-state index in [4.69, 9.17) is 11.6 Å². The van der Waals surface area contributed by atoms with Gasteiger partial charge in [0.15, 0.2) is 0 Å². The first kappa shape index (κ1) is 32.0. The second-order valence-electron chi connectivity index (χ2n) is 11.2. The number of halogens is 3. The van der Waals surface area contributed by atoms with E-state index in [2.05, 4.69) is 32.9 Å². The Morgan fingerprint density at radius 1 is 1.26 bits per heavy atom. The van der Waals surface area contributed by atoms with Crippen molar-refractivity contribution in [1.82, 2.24) is 24.4 Å². The molecule has 1 aromatic carbocycles. The summed E-state index contributed by atoms with van der Waals surface area (Å²) in [4.78, 5) is 42.2. The minimum Gasteiger partial charge on any atom is -0.478 e. The number of anilines is 1. The average Bonchev–Trinajstić information content (AvgIpc) is 3.46. The van der Waals surface area contributed by atoms with Crippen LogP contribution in [0.3, 0.4) is 0 Å². The van der Waals surface area contributed by atoms with Crippen molar-refractivity contribution in [3.63, 3.8) is 0 Å². The Kier molecular flexibility index (Phi) is 8.88. The molecule has 47 heavy (non-hydrogen) atoms. The van der Waals surface area contributed by atoms with Gasteiger partial charge in [0.25, 0.3) is 12.0 Å². The van der Waals surface area contributed by atoms with Crippen molar-refractivity contribution in [2.75, 3.05) is 38.1 Å². The van der Waals surface area contributed by atoms with Crippen molar-refractivity contribution in [1.29, 1.82) is 5.26 Å². The number of carboxylic acids is 1. The minimum atomic E-state index is -2.38. The molecular formula is C33H26ClF2N7O3S. The standard InChI is InChI=1S/C33H26ClF2N7O3S/c1-18-40-26-12-39-31(41(2)13-19-14-42(15-19)16-27(35)36)24(11-37)28(26)32(44)43(18)9-3-4-20-5-6-21(34)10-23(20)22-7-8-38-29-25(33(45)46)17-47-30(22)29/h5-8,10,12,17,19,27H,9,13-16H2,1-2H3,(H,45,46). The summed E-state index contributed by atoms with van der Waals surface area (Å²) in [6.45, 7) is 2.92. The SMILES string of the molecule is Cc1nc2cnc(N(C)CC3CN(CC(F)F)C3)c(C#N)c2c(=O)n1CC#Cc1ccc(Cl)cc1-c1ccnc2c(C(=O)O)csc12. The first-order valence-corrected chi connectivity index (χ1v) is 15.7. The van der Waals surface area contributed by atoms with Gasteiger partial charge in [-0.3, -0.25) is 19.2 Å². The van der Waals surface area contributed by atoms with Crippen molar-refractivity contribution in [3.05, 3.63) is 79.9 Å². The molecule has 0 saturated carbocycles. The van der Waals surface area contributed by atoms with Gasteiger partial charge in [0.05, 0.1) is 46.0 Å². The highest BCUT2D eigenvalue weighted by atomic mass is 35.5. The molecule has 0 radical (unpaired) electrons. The van der Waals surface area contributed by atoms with E-state index in [1.807, 2.05) is 0 Å². The molecule has 5 heterocycles. The maximum atomic E-state index is 13.8. The summed E-state index contributed by atoms with van der Waals surface area (Å²) in [6.07, 6.45) is 0.622. The number of rotatable bonds is 8. The Morgan fingerprint density at radius 3 is 2.77 bits per heavy atom.